The molecule has 5 heteroatoms. The lowest BCUT2D eigenvalue weighted by molar-refractivity contribution is -0.134. The van der Waals surface area contributed by atoms with Gasteiger partial charge in [-0.3, -0.25) is 14.3 Å². The minimum Gasteiger partial charge on any atom is -0.322 e. The van der Waals surface area contributed by atoms with Crippen LogP contribution in [0.5, 0.6) is 0 Å². The number of hydrogen-bond donors (Lipinski definition) is 1. The van der Waals surface area contributed by atoms with E-state index >= 15 is 0 Å². The number of hydrogen-bond acceptors (Lipinski definition) is 3. The fourth-order valence-corrected chi connectivity index (χ4v) is 4.56. The van der Waals surface area contributed by atoms with Crippen molar-refractivity contribution in [1.82, 2.24) is 10.2 Å². The van der Waals surface area contributed by atoms with Gasteiger partial charge in [-0.1, -0.05) is 26.7 Å². The van der Waals surface area contributed by atoms with Crippen molar-refractivity contribution in [2.24, 2.45) is 5.92 Å². The highest BCUT2D eigenvalue weighted by Crippen LogP contribution is 2.38. The Morgan fingerprint density at radius 3 is 2.45 bits per heavy atom. The van der Waals surface area contributed by atoms with Crippen LogP contribution in [0.15, 0.2) is 0 Å². The van der Waals surface area contributed by atoms with E-state index in [1.165, 1.54) is 0 Å². The zero-order valence-electron chi connectivity index (χ0n) is 13.1. The van der Waals surface area contributed by atoms with E-state index in [9.17, 15) is 9.00 Å². The predicted octanol–water partition coefficient (Wildman–Crippen LogP) is 1.87. The quantitative estimate of drug-likeness (QED) is 0.843. The van der Waals surface area contributed by atoms with Crippen LogP contribution in [0, 0.1) is 5.92 Å². The Hall–Kier alpha value is -0.420. The Morgan fingerprint density at radius 1 is 1.35 bits per heavy atom. The van der Waals surface area contributed by atoms with Crippen molar-refractivity contribution in [3.63, 3.8) is 0 Å². The van der Waals surface area contributed by atoms with Crippen molar-refractivity contribution >= 4 is 16.7 Å². The first kappa shape index (κ1) is 16.0. The number of rotatable bonds is 5. The highest BCUT2D eigenvalue weighted by molar-refractivity contribution is 7.84. The first-order valence-corrected chi connectivity index (χ1v) is 9.49. The first-order valence-electron chi connectivity index (χ1n) is 7.76. The molecule has 1 aliphatic heterocycles. The van der Waals surface area contributed by atoms with Crippen molar-refractivity contribution in [1.29, 1.82) is 0 Å². The number of nitrogens with one attached hydrogen (secondary N) is 1. The molecule has 0 aromatic carbocycles. The maximum Gasteiger partial charge on any atom is 0.244 e. The van der Waals surface area contributed by atoms with E-state index in [0.29, 0.717) is 11.7 Å². The second-order valence-electron chi connectivity index (χ2n) is 6.88. The fourth-order valence-electron chi connectivity index (χ4n) is 3.72. The van der Waals surface area contributed by atoms with Crippen LogP contribution in [0.3, 0.4) is 0 Å². The number of carbonyl (C=O) groups excluding carboxylic acids is 1. The normalized spacial score (nSPS) is 28.6. The van der Waals surface area contributed by atoms with Crippen molar-refractivity contribution in [3.05, 3.63) is 0 Å². The van der Waals surface area contributed by atoms with E-state index in [0.717, 1.165) is 32.1 Å². The standard InChI is InChI=1S/C15H28N2O2S/c1-11(2)9-13-16-15(7-5-6-8-15)14(18)17(13)12(3)10-20(4)19/h11-13,16H,5-10H2,1-4H3. The summed E-state index contributed by atoms with van der Waals surface area (Å²) in [5.41, 5.74) is -0.316. The second-order valence-corrected chi connectivity index (χ2v) is 8.36. The van der Waals surface area contributed by atoms with Gasteiger partial charge in [0.25, 0.3) is 0 Å². The molecule has 1 amide bonds. The summed E-state index contributed by atoms with van der Waals surface area (Å²) < 4.78 is 11.5. The van der Waals surface area contributed by atoms with Gasteiger partial charge in [-0.2, -0.15) is 0 Å². The Labute approximate surface area is 125 Å². The zero-order valence-corrected chi connectivity index (χ0v) is 14.0. The van der Waals surface area contributed by atoms with Gasteiger partial charge in [0.2, 0.25) is 5.91 Å². The highest BCUT2D eigenvalue weighted by Gasteiger charge is 2.53. The van der Waals surface area contributed by atoms with Crippen LogP contribution in [0.1, 0.15) is 52.9 Å². The summed E-state index contributed by atoms with van der Waals surface area (Å²) in [6, 6.07) is 0.0459. The van der Waals surface area contributed by atoms with Crippen LogP contribution in [0.25, 0.3) is 0 Å². The minimum absolute atomic E-state index is 0.0459. The molecule has 3 unspecified atom stereocenters. The zero-order chi connectivity index (χ0) is 14.9. The molecular weight excluding hydrogens is 272 g/mol. The average Bonchev–Trinajstić information content (AvgIpc) is 2.85. The third kappa shape index (κ3) is 3.08. The van der Waals surface area contributed by atoms with Gasteiger partial charge in [-0.25, -0.2) is 0 Å². The van der Waals surface area contributed by atoms with Crippen LogP contribution in [-0.4, -0.2) is 44.8 Å². The molecule has 2 rings (SSSR count). The smallest absolute Gasteiger partial charge is 0.244 e. The summed E-state index contributed by atoms with van der Waals surface area (Å²) in [6.45, 7) is 6.40. The molecule has 1 heterocycles. The van der Waals surface area contributed by atoms with Crippen molar-refractivity contribution < 1.29 is 9.00 Å². The molecule has 2 fully saturated rings. The Morgan fingerprint density at radius 2 is 1.95 bits per heavy atom. The number of nitrogens with zero attached hydrogens (tertiary/aromatic N) is 1. The van der Waals surface area contributed by atoms with Gasteiger partial charge in [0.1, 0.15) is 0 Å². The van der Waals surface area contributed by atoms with Gasteiger partial charge in [0.15, 0.2) is 0 Å². The minimum atomic E-state index is -0.869. The molecule has 1 saturated heterocycles. The van der Waals surface area contributed by atoms with Gasteiger partial charge in [-0.05, 0) is 32.1 Å². The number of carbonyl (C=O) groups is 1. The Bertz CT molecular complexity index is 391. The molecule has 0 aromatic heterocycles. The highest BCUT2D eigenvalue weighted by atomic mass is 32.2. The third-order valence-corrected chi connectivity index (χ3v) is 5.48. The van der Waals surface area contributed by atoms with E-state index < -0.39 is 10.8 Å². The first-order chi connectivity index (χ1) is 9.35. The molecule has 0 radical (unpaired) electrons. The molecule has 4 nitrogen and oxygen atoms in total. The molecule has 0 bridgehead atoms. The van der Waals surface area contributed by atoms with E-state index in [1.807, 2.05) is 11.8 Å². The topological polar surface area (TPSA) is 49.4 Å². The van der Waals surface area contributed by atoms with E-state index in [4.69, 9.17) is 0 Å². The van der Waals surface area contributed by atoms with Crippen molar-refractivity contribution in [2.75, 3.05) is 12.0 Å². The van der Waals surface area contributed by atoms with Crippen molar-refractivity contribution in [3.8, 4) is 0 Å². The summed E-state index contributed by atoms with van der Waals surface area (Å²) in [5, 5.41) is 3.63. The Balaban J connectivity index is 2.19. The summed E-state index contributed by atoms with van der Waals surface area (Å²) in [7, 11) is -0.869. The molecule has 20 heavy (non-hydrogen) atoms. The molecule has 0 aromatic rings. The van der Waals surface area contributed by atoms with Crippen LogP contribution < -0.4 is 5.32 Å². The molecule has 2 aliphatic rings. The second kappa shape index (κ2) is 6.14. The summed E-state index contributed by atoms with van der Waals surface area (Å²) >= 11 is 0. The summed E-state index contributed by atoms with van der Waals surface area (Å²) in [5.74, 6) is 1.36. The van der Waals surface area contributed by atoms with Crippen LogP contribution in [-0.2, 0) is 15.6 Å². The predicted molar refractivity (Wildman–Crippen MR) is 82.8 cm³/mol. The van der Waals surface area contributed by atoms with E-state index in [-0.39, 0.29) is 23.7 Å². The maximum atomic E-state index is 12.9. The number of amides is 1. The van der Waals surface area contributed by atoms with Gasteiger partial charge < -0.3 is 4.90 Å². The molecule has 1 N–H and O–H groups in total. The molecule has 1 aliphatic carbocycles. The lowest BCUT2D eigenvalue weighted by Gasteiger charge is -2.31. The van der Waals surface area contributed by atoms with Gasteiger partial charge >= 0.3 is 0 Å². The maximum absolute atomic E-state index is 12.9. The molecular formula is C15H28N2O2S. The van der Waals surface area contributed by atoms with E-state index in [1.54, 1.807) is 6.26 Å². The van der Waals surface area contributed by atoms with E-state index in [2.05, 4.69) is 19.2 Å². The van der Waals surface area contributed by atoms with Crippen LogP contribution >= 0.6 is 0 Å². The van der Waals surface area contributed by atoms with Gasteiger partial charge in [0.05, 0.1) is 11.7 Å². The molecule has 1 spiro atoms. The SMILES string of the molecule is CC(C)CC1NC2(CCCC2)C(=O)N1C(C)CS(C)=O. The summed E-state index contributed by atoms with van der Waals surface area (Å²) in [6.07, 6.45) is 6.97. The van der Waals surface area contributed by atoms with Crippen LogP contribution in [0.4, 0.5) is 0 Å². The molecule has 3 atom stereocenters. The molecule has 1 saturated carbocycles. The lowest BCUT2D eigenvalue weighted by atomic mass is 9.97. The third-order valence-electron chi connectivity index (χ3n) is 4.53. The fraction of sp³-hybridized carbons (Fsp3) is 0.933. The largest absolute Gasteiger partial charge is 0.322 e. The lowest BCUT2D eigenvalue weighted by Crippen LogP contribution is -2.46. The Kier molecular flexibility index (Phi) is 4.90. The van der Waals surface area contributed by atoms with Gasteiger partial charge in [0, 0.05) is 28.9 Å². The van der Waals surface area contributed by atoms with Crippen LogP contribution in [0.2, 0.25) is 0 Å². The monoisotopic (exact) mass is 300 g/mol. The summed E-state index contributed by atoms with van der Waals surface area (Å²) in [4.78, 5) is 14.9. The average molecular weight is 300 g/mol. The van der Waals surface area contributed by atoms with Gasteiger partial charge in [-0.15, -0.1) is 0 Å². The van der Waals surface area contributed by atoms with Crippen molar-refractivity contribution in [2.45, 2.75) is 70.6 Å². The molecule has 116 valence electrons.